The number of hydrogen-bond acceptors (Lipinski definition) is 3. The van der Waals surface area contributed by atoms with E-state index >= 15 is 0 Å². The van der Waals surface area contributed by atoms with Gasteiger partial charge in [0.2, 0.25) is 5.91 Å². The number of carbonyl (C=O) groups excluding carboxylic acids is 2. The summed E-state index contributed by atoms with van der Waals surface area (Å²) in [6, 6.07) is 12.3. The van der Waals surface area contributed by atoms with E-state index in [9.17, 15) is 14.0 Å². The van der Waals surface area contributed by atoms with E-state index in [4.69, 9.17) is 16.3 Å². The second kappa shape index (κ2) is 11.1. The van der Waals surface area contributed by atoms with E-state index in [0.717, 1.165) is 25.7 Å². The topological polar surface area (TPSA) is 58.6 Å². The molecule has 1 aliphatic rings. The van der Waals surface area contributed by atoms with Crippen molar-refractivity contribution in [3.8, 4) is 5.75 Å². The highest BCUT2D eigenvalue weighted by Crippen LogP contribution is 2.20. The van der Waals surface area contributed by atoms with Gasteiger partial charge in [0.05, 0.1) is 0 Å². The third kappa shape index (κ3) is 6.69. The molecule has 0 radical (unpaired) electrons. The molecule has 2 amide bonds. The first-order valence-electron chi connectivity index (χ1n) is 10.7. The van der Waals surface area contributed by atoms with Crippen LogP contribution in [0.1, 0.15) is 44.6 Å². The molecule has 0 spiro atoms. The van der Waals surface area contributed by atoms with E-state index in [1.165, 1.54) is 17.4 Å². The highest BCUT2D eigenvalue weighted by Gasteiger charge is 2.29. The summed E-state index contributed by atoms with van der Waals surface area (Å²) in [4.78, 5) is 27.3. The predicted octanol–water partition coefficient (Wildman–Crippen LogP) is 4.72. The average Bonchev–Trinajstić information content (AvgIpc) is 2.77. The Bertz CT molecular complexity index is 902. The first-order valence-corrected chi connectivity index (χ1v) is 11.0. The van der Waals surface area contributed by atoms with E-state index < -0.39 is 17.8 Å². The van der Waals surface area contributed by atoms with Gasteiger partial charge in [0, 0.05) is 23.2 Å². The van der Waals surface area contributed by atoms with Crippen molar-refractivity contribution in [3.05, 3.63) is 64.9 Å². The van der Waals surface area contributed by atoms with Crippen LogP contribution in [0.15, 0.2) is 48.5 Å². The highest BCUT2D eigenvalue weighted by molar-refractivity contribution is 6.30. The molecule has 2 aromatic carbocycles. The van der Waals surface area contributed by atoms with Crippen molar-refractivity contribution in [1.82, 2.24) is 10.2 Å². The minimum Gasteiger partial charge on any atom is -0.484 e. The van der Waals surface area contributed by atoms with Crippen LogP contribution in [0.2, 0.25) is 5.02 Å². The van der Waals surface area contributed by atoms with Gasteiger partial charge in [-0.1, -0.05) is 55.1 Å². The molecule has 1 fully saturated rings. The predicted molar refractivity (Wildman–Crippen MR) is 118 cm³/mol. The van der Waals surface area contributed by atoms with Gasteiger partial charge in [-0.3, -0.25) is 9.59 Å². The van der Waals surface area contributed by atoms with E-state index in [1.807, 2.05) is 0 Å². The number of nitrogens with zero attached hydrogens (tertiary/aromatic N) is 1. The Morgan fingerprint density at radius 3 is 2.61 bits per heavy atom. The Kier molecular flexibility index (Phi) is 8.29. The van der Waals surface area contributed by atoms with E-state index in [2.05, 4.69) is 5.32 Å². The van der Waals surface area contributed by atoms with E-state index in [-0.39, 0.29) is 25.1 Å². The van der Waals surface area contributed by atoms with Crippen molar-refractivity contribution >= 4 is 23.4 Å². The smallest absolute Gasteiger partial charge is 0.261 e. The normalized spacial score (nSPS) is 15.2. The maximum Gasteiger partial charge on any atom is 0.261 e. The van der Waals surface area contributed by atoms with Crippen LogP contribution < -0.4 is 10.1 Å². The third-order valence-electron chi connectivity index (χ3n) is 5.58. The molecule has 1 N–H and O–H groups in total. The molecule has 0 saturated heterocycles. The molecule has 5 nitrogen and oxygen atoms in total. The number of carbonyl (C=O) groups is 2. The molecule has 7 heteroatoms. The Labute approximate surface area is 187 Å². The number of benzene rings is 2. The lowest BCUT2D eigenvalue weighted by atomic mass is 9.95. The second-order valence-corrected chi connectivity index (χ2v) is 8.32. The fraction of sp³-hybridized carbons (Fsp3) is 0.417. The molecule has 1 saturated carbocycles. The molecule has 3 rings (SSSR count). The van der Waals surface area contributed by atoms with E-state index in [0.29, 0.717) is 16.3 Å². The summed E-state index contributed by atoms with van der Waals surface area (Å²) in [6.45, 7) is 1.36. The molecule has 1 aliphatic carbocycles. The van der Waals surface area contributed by atoms with Crippen molar-refractivity contribution < 1.29 is 18.7 Å². The zero-order valence-electron chi connectivity index (χ0n) is 17.7. The van der Waals surface area contributed by atoms with Crippen LogP contribution in [-0.2, 0) is 16.1 Å². The molecule has 0 aromatic heterocycles. The molecule has 166 valence electrons. The maximum absolute atomic E-state index is 14.3. The summed E-state index contributed by atoms with van der Waals surface area (Å²) in [5.41, 5.74) is 0.343. The standard InChI is InChI=1S/C24H28ClFN2O3/c1-17(24(30)27-20-10-3-2-4-11-20)28(15-18-8-5-6-13-22(18)26)23(29)16-31-21-12-7-9-19(25)14-21/h5-9,12-14,17,20H,2-4,10-11,15-16H2,1H3,(H,27,30)/t17-/m1/s1. The van der Waals surface area contributed by atoms with Crippen molar-refractivity contribution in [2.45, 2.75) is 57.7 Å². The Balaban J connectivity index is 1.72. The van der Waals surface area contributed by atoms with Crippen LogP contribution in [0.5, 0.6) is 5.75 Å². The molecular weight excluding hydrogens is 419 g/mol. The van der Waals surface area contributed by atoms with Gasteiger partial charge >= 0.3 is 0 Å². The lowest BCUT2D eigenvalue weighted by molar-refractivity contribution is -0.142. The lowest BCUT2D eigenvalue weighted by Crippen LogP contribution is -2.51. The minimum atomic E-state index is -0.767. The highest BCUT2D eigenvalue weighted by atomic mass is 35.5. The van der Waals surface area contributed by atoms with Crippen molar-refractivity contribution in [3.63, 3.8) is 0 Å². The summed E-state index contributed by atoms with van der Waals surface area (Å²) in [5.74, 6) is -0.615. The molecule has 31 heavy (non-hydrogen) atoms. The summed E-state index contributed by atoms with van der Waals surface area (Å²) in [7, 11) is 0. The van der Waals surface area contributed by atoms with Crippen LogP contribution in [0.4, 0.5) is 4.39 Å². The fourth-order valence-electron chi connectivity index (χ4n) is 3.75. The van der Waals surface area contributed by atoms with Crippen LogP contribution in [0.25, 0.3) is 0 Å². The van der Waals surface area contributed by atoms with Gasteiger partial charge in [-0.15, -0.1) is 0 Å². The number of nitrogens with one attached hydrogen (secondary N) is 1. The Morgan fingerprint density at radius 1 is 1.16 bits per heavy atom. The van der Waals surface area contributed by atoms with Crippen molar-refractivity contribution in [2.24, 2.45) is 0 Å². The first kappa shape index (κ1) is 23.1. The van der Waals surface area contributed by atoms with Gasteiger partial charge in [-0.05, 0) is 44.0 Å². The van der Waals surface area contributed by atoms with Gasteiger partial charge in [0.25, 0.3) is 5.91 Å². The number of amides is 2. The quantitative estimate of drug-likeness (QED) is 0.638. The zero-order valence-corrected chi connectivity index (χ0v) is 18.4. The maximum atomic E-state index is 14.3. The molecule has 1 atom stereocenters. The average molecular weight is 447 g/mol. The fourth-order valence-corrected chi connectivity index (χ4v) is 3.93. The number of ether oxygens (including phenoxy) is 1. The van der Waals surface area contributed by atoms with Crippen molar-refractivity contribution in [2.75, 3.05) is 6.61 Å². The number of rotatable bonds is 8. The molecule has 0 heterocycles. The zero-order chi connectivity index (χ0) is 22.2. The monoisotopic (exact) mass is 446 g/mol. The van der Waals surface area contributed by atoms with Gasteiger partial charge in [0.1, 0.15) is 17.6 Å². The molecule has 2 aromatic rings. The minimum absolute atomic E-state index is 0.0241. The Morgan fingerprint density at radius 2 is 1.90 bits per heavy atom. The van der Waals surface area contributed by atoms with Gasteiger partial charge in [-0.25, -0.2) is 4.39 Å². The Hall–Kier alpha value is -2.60. The molecule has 0 unspecified atom stereocenters. The summed E-state index contributed by atoms with van der Waals surface area (Å²) in [6.07, 6.45) is 5.24. The number of hydrogen-bond donors (Lipinski definition) is 1. The van der Waals surface area contributed by atoms with Gasteiger partial charge in [0.15, 0.2) is 6.61 Å². The molecule has 0 aliphatic heterocycles. The van der Waals surface area contributed by atoms with E-state index in [1.54, 1.807) is 49.4 Å². The second-order valence-electron chi connectivity index (χ2n) is 7.88. The summed E-state index contributed by atoms with van der Waals surface area (Å²) < 4.78 is 19.8. The third-order valence-corrected chi connectivity index (χ3v) is 5.81. The largest absolute Gasteiger partial charge is 0.484 e. The van der Waals surface area contributed by atoms with Gasteiger partial charge < -0.3 is 15.0 Å². The number of halogens is 2. The van der Waals surface area contributed by atoms with Crippen LogP contribution in [0.3, 0.4) is 0 Å². The SMILES string of the molecule is C[C@H](C(=O)NC1CCCCC1)N(Cc1ccccc1F)C(=O)COc1cccc(Cl)c1. The lowest BCUT2D eigenvalue weighted by Gasteiger charge is -2.31. The molecule has 0 bridgehead atoms. The summed E-state index contributed by atoms with van der Waals surface area (Å²) in [5, 5.41) is 3.54. The molecular formula is C24H28ClFN2O3. The van der Waals surface area contributed by atoms with Crippen molar-refractivity contribution in [1.29, 1.82) is 0 Å². The summed E-state index contributed by atoms with van der Waals surface area (Å²) >= 11 is 5.96. The van der Waals surface area contributed by atoms with Crippen LogP contribution >= 0.6 is 11.6 Å². The van der Waals surface area contributed by atoms with Gasteiger partial charge in [-0.2, -0.15) is 0 Å². The van der Waals surface area contributed by atoms with Crippen LogP contribution in [0, 0.1) is 5.82 Å². The van der Waals surface area contributed by atoms with Crippen LogP contribution in [-0.4, -0.2) is 35.4 Å². The first-order chi connectivity index (χ1) is 14.9.